The minimum atomic E-state index is -0.692. The molecule has 3 aliphatic rings. The summed E-state index contributed by atoms with van der Waals surface area (Å²) in [5.41, 5.74) is 9.61. The van der Waals surface area contributed by atoms with Gasteiger partial charge in [-0.3, -0.25) is 19.5 Å². The smallest absolute Gasteiger partial charge is 0.407 e. The van der Waals surface area contributed by atoms with Gasteiger partial charge in [0.2, 0.25) is 17.7 Å². The van der Waals surface area contributed by atoms with E-state index in [4.69, 9.17) is 14.8 Å². The molecular formula is C54H69N9O5. The number of nitrogens with zero attached hydrogens (tertiary/aromatic N) is 5. The number of alkyl carbamates (subject to hydrolysis) is 1. The molecule has 6 unspecified atom stereocenters. The third kappa shape index (κ3) is 10.0. The van der Waals surface area contributed by atoms with E-state index in [0.29, 0.717) is 13.1 Å². The van der Waals surface area contributed by atoms with Crippen molar-refractivity contribution in [3.05, 3.63) is 113 Å². The average Bonchev–Trinajstić information content (AvgIpc) is 4.18. The van der Waals surface area contributed by atoms with Crippen molar-refractivity contribution in [2.45, 2.75) is 136 Å². The number of benzene rings is 3. The number of anilines is 1. The minimum Gasteiger partial charge on any atom is -0.453 e. The highest BCUT2D eigenvalue weighted by molar-refractivity contribution is 5.88. The predicted molar refractivity (Wildman–Crippen MR) is 264 cm³/mol. The third-order valence-electron chi connectivity index (χ3n) is 14.2. The highest BCUT2D eigenvalue weighted by Gasteiger charge is 2.40. The second-order valence-corrected chi connectivity index (χ2v) is 20.6. The number of ether oxygens (including phenoxy) is 1. The highest BCUT2D eigenvalue weighted by atomic mass is 16.5. The Hall–Kier alpha value is -6.44. The largest absolute Gasteiger partial charge is 0.453 e. The average molecular weight is 924 g/mol. The summed E-state index contributed by atoms with van der Waals surface area (Å²) < 4.78 is 4.81. The van der Waals surface area contributed by atoms with Crippen LogP contribution >= 0.6 is 0 Å². The fourth-order valence-corrected chi connectivity index (χ4v) is 10.5. The Kier molecular flexibility index (Phi) is 14.1. The number of rotatable bonds is 13. The molecule has 0 aliphatic carbocycles. The van der Waals surface area contributed by atoms with Crippen LogP contribution in [-0.4, -0.2) is 86.1 Å². The summed E-state index contributed by atoms with van der Waals surface area (Å²) in [6.07, 6.45) is 6.55. The molecule has 0 bridgehead atoms. The molecule has 5 aromatic rings. The fraction of sp³-hybridized carbons (Fsp3) is 0.481. The number of carbonyl (C=O) groups excluding carboxylic acids is 4. The molecule has 4 N–H and O–H groups in total. The first-order valence-corrected chi connectivity index (χ1v) is 24.4. The van der Waals surface area contributed by atoms with Gasteiger partial charge in [-0.05, 0) is 96.2 Å². The number of aromatic amines is 2. The van der Waals surface area contributed by atoms with E-state index < -0.39 is 18.2 Å². The molecule has 0 radical (unpaired) electrons. The molecule has 8 rings (SSSR count). The van der Waals surface area contributed by atoms with Crippen LogP contribution in [-0.2, 0) is 24.5 Å². The van der Waals surface area contributed by atoms with Crippen molar-refractivity contribution in [2.24, 2.45) is 11.8 Å². The molecule has 68 heavy (non-hydrogen) atoms. The molecule has 3 saturated heterocycles. The van der Waals surface area contributed by atoms with Gasteiger partial charge in [-0.25, -0.2) is 9.78 Å². The van der Waals surface area contributed by atoms with Crippen LogP contribution in [0.3, 0.4) is 0 Å². The highest BCUT2D eigenvalue weighted by Crippen LogP contribution is 2.48. The molecule has 3 fully saturated rings. The van der Waals surface area contributed by atoms with Gasteiger partial charge >= 0.3 is 6.09 Å². The minimum absolute atomic E-state index is 0.0281. The lowest BCUT2D eigenvalue weighted by molar-refractivity contribution is -0.138. The van der Waals surface area contributed by atoms with Gasteiger partial charge in [-0.2, -0.15) is 5.10 Å². The SMILES string of the molecule is COC(=O)NC(C(=O)N1CCCC1c1ncc(-c2ccc(C3CCC(c4ccc(-c5cc(C6CCCN6C(=O)C(NC(C)=O)C(C)C)[nH]n5)cc4)N3c3ccc(C(C)(C)C)cc3)cc2)[nH]1)C(C)C. The summed E-state index contributed by atoms with van der Waals surface area (Å²) in [4.78, 5) is 66.1. The first-order valence-electron chi connectivity index (χ1n) is 24.4. The zero-order chi connectivity index (χ0) is 48.4. The van der Waals surface area contributed by atoms with Gasteiger partial charge in [0.1, 0.15) is 17.9 Å². The molecule has 4 amide bonds. The number of H-pyrrole nitrogens is 2. The van der Waals surface area contributed by atoms with E-state index in [-0.39, 0.29) is 59.1 Å². The number of likely N-dealkylation sites (tertiary alicyclic amines) is 2. The van der Waals surface area contributed by atoms with Crippen LogP contribution in [0.4, 0.5) is 10.5 Å². The lowest BCUT2D eigenvalue weighted by Crippen LogP contribution is -2.51. The molecule has 5 heterocycles. The van der Waals surface area contributed by atoms with Crippen LogP contribution in [0.15, 0.2) is 85.1 Å². The van der Waals surface area contributed by atoms with Crippen LogP contribution in [0.2, 0.25) is 0 Å². The number of nitrogens with one attached hydrogen (secondary N) is 4. The van der Waals surface area contributed by atoms with Crippen molar-refractivity contribution >= 4 is 29.5 Å². The van der Waals surface area contributed by atoms with Crippen molar-refractivity contribution in [1.82, 2.24) is 40.6 Å². The van der Waals surface area contributed by atoms with E-state index in [2.05, 4.69) is 125 Å². The Bertz CT molecular complexity index is 2560. The topological polar surface area (TPSA) is 169 Å². The third-order valence-corrected chi connectivity index (χ3v) is 14.2. The molecular weight excluding hydrogens is 855 g/mol. The van der Waals surface area contributed by atoms with Crippen LogP contribution in [0, 0.1) is 11.8 Å². The maximum absolute atomic E-state index is 13.7. The Labute approximate surface area is 401 Å². The lowest BCUT2D eigenvalue weighted by atomic mass is 9.87. The molecule has 3 aromatic carbocycles. The van der Waals surface area contributed by atoms with Crippen molar-refractivity contribution < 1.29 is 23.9 Å². The Balaban J connectivity index is 1.00. The van der Waals surface area contributed by atoms with Crippen LogP contribution in [0.25, 0.3) is 22.5 Å². The Morgan fingerprint density at radius 1 is 0.706 bits per heavy atom. The maximum Gasteiger partial charge on any atom is 0.407 e. The second-order valence-electron chi connectivity index (χ2n) is 20.6. The monoisotopic (exact) mass is 924 g/mol. The summed E-state index contributed by atoms with van der Waals surface area (Å²) in [5, 5.41) is 13.6. The van der Waals surface area contributed by atoms with Crippen LogP contribution in [0.5, 0.6) is 0 Å². The van der Waals surface area contributed by atoms with Gasteiger partial charge in [-0.1, -0.05) is 109 Å². The van der Waals surface area contributed by atoms with Gasteiger partial charge in [-0.15, -0.1) is 0 Å². The number of hydrogen-bond acceptors (Lipinski definition) is 8. The fourth-order valence-electron chi connectivity index (χ4n) is 10.5. The van der Waals surface area contributed by atoms with E-state index >= 15 is 0 Å². The summed E-state index contributed by atoms with van der Waals surface area (Å²) in [5.74, 6) is 0.215. The van der Waals surface area contributed by atoms with Crippen molar-refractivity contribution in [1.29, 1.82) is 0 Å². The van der Waals surface area contributed by atoms with E-state index in [1.165, 1.54) is 36.4 Å². The second kappa shape index (κ2) is 20.0. The lowest BCUT2D eigenvalue weighted by Gasteiger charge is -2.34. The van der Waals surface area contributed by atoms with Crippen molar-refractivity contribution in [3.63, 3.8) is 0 Å². The van der Waals surface area contributed by atoms with Crippen molar-refractivity contribution in [2.75, 3.05) is 25.1 Å². The zero-order valence-electron chi connectivity index (χ0n) is 41.1. The summed E-state index contributed by atoms with van der Waals surface area (Å²) in [6, 6.07) is 27.4. The first kappa shape index (κ1) is 48.0. The number of imidazole rings is 1. The number of amides is 4. The summed E-state index contributed by atoms with van der Waals surface area (Å²) in [6.45, 7) is 17.2. The van der Waals surface area contributed by atoms with Gasteiger partial charge < -0.3 is 35.1 Å². The predicted octanol–water partition coefficient (Wildman–Crippen LogP) is 9.72. The molecule has 0 spiro atoms. The molecule has 14 heteroatoms. The van der Waals surface area contributed by atoms with E-state index in [1.54, 1.807) is 0 Å². The molecule has 2 aromatic heterocycles. The van der Waals surface area contributed by atoms with Gasteiger partial charge in [0.25, 0.3) is 0 Å². The van der Waals surface area contributed by atoms with Crippen molar-refractivity contribution in [3.8, 4) is 22.5 Å². The Morgan fingerprint density at radius 3 is 1.79 bits per heavy atom. The summed E-state index contributed by atoms with van der Waals surface area (Å²) in [7, 11) is 1.30. The van der Waals surface area contributed by atoms with E-state index in [9.17, 15) is 19.2 Å². The molecule has 14 nitrogen and oxygen atoms in total. The first-order chi connectivity index (χ1) is 32.5. The van der Waals surface area contributed by atoms with E-state index in [1.807, 2.05) is 43.7 Å². The zero-order valence-corrected chi connectivity index (χ0v) is 41.1. The van der Waals surface area contributed by atoms with Gasteiger partial charge in [0, 0.05) is 31.3 Å². The quantitative estimate of drug-likeness (QED) is 0.0905. The standard InChI is InChI=1S/C54H69N9O5/c1-32(2)48(56-34(5)64)51(65)61-28-10-12-46(61)42-30-41(59-60-42)35-14-18-37(19-15-35)44-26-27-45(63(44)40-24-22-39(23-25-40)54(6,7)8)38-20-16-36(17-21-38)43-31-55-50(57-43)47-13-11-29-62(47)52(66)49(33(3)4)58-53(67)68-9/h14-25,30-33,44-49H,10-13,26-29H2,1-9H3,(H,55,57)(H,56,64)(H,58,67)(H,59,60). The number of hydrogen-bond donors (Lipinski definition) is 4. The van der Waals surface area contributed by atoms with Crippen LogP contribution in [0.1, 0.15) is 146 Å². The maximum atomic E-state index is 13.7. The molecule has 360 valence electrons. The van der Waals surface area contributed by atoms with Gasteiger partial charge in [0.15, 0.2) is 0 Å². The number of aromatic nitrogens is 4. The number of methoxy groups -OCH3 is 1. The van der Waals surface area contributed by atoms with Crippen LogP contribution < -0.4 is 15.5 Å². The van der Waals surface area contributed by atoms with Gasteiger partial charge in [0.05, 0.1) is 54.6 Å². The normalized spacial score (nSPS) is 20.5. The summed E-state index contributed by atoms with van der Waals surface area (Å²) >= 11 is 0. The number of carbonyl (C=O) groups is 4. The van der Waals surface area contributed by atoms with E-state index in [0.717, 1.165) is 72.6 Å². The molecule has 0 saturated carbocycles. The molecule has 6 atom stereocenters. The Morgan fingerprint density at radius 2 is 1.25 bits per heavy atom. The molecule has 3 aliphatic heterocycles.